The maximum absolute atomic E-state index is 12.4. The summed E-state index contributed by atoms with van der Waals surface area (Å²) in [4.78, 5) is 16.4. The molecule has 1 aromatic rings. The van der Waals surface area contributed by atoms with Crippen LogP contribution in [0, 0.1) is 0 Å². The lowest BCUT2D eigenvalue weighted by Gasteiger charge is -2.42. The molecular weight excluding hydrogens is 280 g/mol. The van der Waals surface area contributed by atoms with Crippen LogP contribution in [0.4, 0.5) is 0 Å². The average Bonchev–Trinajstić information content (AvgIpc) is 2.91. The van der Waals surface area contributed by atoms with Crippen molar-refractivity contribution in [3.63, 3.8) is 0 Å². The molecule has 0 N–H and O–H groups in total. The Hall–Kier alpha value is -1.09. The molecule has 1 spiro atoms. The van der Waals surface area contributed by atoms with Gasteiger partial charge in [-0.3, -0.25) is 4.79 Å². The summed E-state index contributed by atoms with van der Waals surface area (Å²) in [5.74, 6) is -0.0756. The number of morpholine rings is 1. The van der Waals surface area contributed by atoms with Crippen LogP contribution in [0.1, 0.15) is 10.5 Å². The van der Waals surface area contributed by atoms with Crippen molar-refractivity contribution in [2.24, 2.45) is 0 Å². The second-order valence-corrected chi connectivity index (χ2v) is 5.95. The minimum absolute atomic E-state index is 0.0756. The first kappa shape index (κ1) is 13.9. The van der Waals surface area contributed by atoms with Crippen molar-refractivity contribution < 1.29 is 14.3 Å². The molecule has 3 rings (SSSR count). The highest BCUT2D eigenvalue weighted by molar-refractivity contribution is 7.03. The average molecular weight is 298 g/mol. The monoisotopic (exact) mass is 298 g/mol. The summed E-state index contributed by atoms with van der Waals surface area (Å²) in [7, 11) is 2.05. The zero-order chi connectivity index (χ0) is 14.0. The SMILES string of the molecule is CN1CCOCC2(C1)CN(C(=O)c1csnn1)CCO2. The van der Waals surface area contributed by atoms with Gasteiger partial charge >= 0.3 is 0 Å². The number of carbonyl (C=O) groups is 1. The van der Waals surface area contributed by atoms with Gasteiger partial charge in [0.1, 0.15) is 5.60 Å². The molecule has 20 heavy (non-hydrogen) atoms. The fourth-order valence-electron chi connectivity index (χ4n) is 2.72. The third-order valence-corrected chi connectivity index (χ3v) is 4.16. The van der Waals surface area contributed by atoms with Crippen molar-refractivity contribution >= 4 is 17.4 Å². The smallest absolute Gasteiger partial charge is 0.275 e. The van der Waals surface area contributed by atoms with E-state index in [2.05, 4.69) is 14.5 Å². The second-order valence-electron chi connectivity index (χ2n) is 5.34. The molecule has 7 nitrogen and oxygen atoms in total. The van der Waals surface area contributed by atoms with Crippen molar-refractivity contribution in [1.82, 2.24) is 19.4 Å². The van der Waals surface area contributed by atoms with Crippen LogP contribution < -0.4 is 0 Å². The molecule has 110 valence electrons. The van der Waals surface area contributed by atoms with Gasteiger partial charge in [-0.15, -0.1) is 5.10 Å². The molecular formula is C12H18N4O3S. The Bertz CT molecular complexity index is 469. The van der Waals surface area contributed by atoms with Crippen LogP contribution in [0.25, 0.3) is 0 Å². The molecule has 1 aromatic heterocycles. The van der Waals surface area contributed by atoms with Gasteiger partial charge in [-0.25, -0.2) is 0 Å². The largest absolute Gasteiger partial charge is 0.377 e. The molecule has 0 bridgehead atoms. The highest BCUT2D eigenvalue weighted by atomic mass is 32.1. The quantitative estimate of drug-likeness (QED) is 0.710. The van der Waals surface area contributed by atoms with E-state index in [0.717, 1.165) is 13.1 Å². The first-order chi connectivity index (χ1) is 9.69. The van der Waals surface area contributed by atoms with Gasteiger partial charge in [0, 0.05) is 25.0 Å². The number of ether oxygens (including phenoxy) is 2. The minimum atomic E-state index is -0.428. The number of aromatic nitrogens is 2. The van der Waals surface area contributed by atoms with E-state index >= 15 is 0 Å². The third-order valence-electron chi connectivity index (χ3n) is 3.66. The lowest BCUT2D eigenvalue weighted by Crippen LogP contribution is -2.59. The molecule has 0 radical (unpaired) electrons. The molecule has 0 saturated carbocycles. The van der Waals surface area contributed by atoms with E-state index in [0.29, 0.717) is 38.6 Å². The van der Waals surface area contributed by atoms with E-state index in [1.807, 2.05) is 7.05 Å². The Morgan fingerprint density at radius 1 is 1.40 bits per heavy atom. The molecule has 0 aromatic carbocycles. The molecule has 2 fully saturated rings. The van der Waals surface area contributed by atoms with E-state index in [-0.39, 0.29) is 5.91 Å². The van der Waals surface area contributed by atoms with E-state index in [9.17, 15) is 4.79 Å². The number of nitrogens with zero attached hydrogens (tertiary/aromatic N) is 4. The number of likely N-dealkylation sites (N-methyl/N-ethyl adjacent to an activating group) is 1. The van der Waals surface area contributed by atoms with E-state index < -0.39 is 5.60 Å². The van der Waals surface area contributed by atoms with Crippen molar-refractivity contribution in [2.75, 3.05) is 53.0 Å². The first-order valence-corrected chi connectivity index (χ1v) is 7.49. The van der Waals surface area contributed by atoms with Crippen molar-refractivity contribution in [3.8, 4) is 0 Å². The predicted molar refractivity (Wildman–Crippen MR) is 72.8 cm³/mol. The Kier molecular flexibility index (Phi) is 3.97. The van der Waals surface area contributed by atoms with Gasteiger partial charge in [0.15, 0.2) is 5.69 Å². The summed E-state index contributed by atoms with van der Waals surface area (Å²) < 4.78 is 15.4. The van der Waals surface area contributed by atoms with Gasteiger partial charge in [0.2, 0.25) is 0 Å². The third kappa shape index (κ3) is 2.83. The van der Waals surface area contributed by atoms with Crippen LogP contribution in [0.2, 0.25) is 0 Å². The molecule has 1 atom stereocenters. The number of carbonyl (C=O) groups excluding carboxylic acids is 1. The molecule has 2 aliphatic heterocycles. The van der Waals surface area contributed by atoms with Crippen LogP contribution in [0.15, 0.2) is 5.38 Å². The van der Waals surface area contributed by atoms with Crippen LogP contribution in [0.3, 0.4) is 0 Å². The number of hydrogen-bond donors (Lipinski definition) is 0. The van der Waals surface area contributed by atoms with Gasteiger partial charge in [0.25, 0.3) is 5.91 Å². The normalized spacial score (nSPS) is 28.6. The molecule has 2 saturated heterocycles. The molecule has 0 aliphatic carbocycles. The fourth-order valence-corrected chi connectivity index (χ4v) is 3.15. The molecule has 2 aliphatic rings. The van der Waals surface area contributed by atoms with Gasteiger partial charge in [0.05, 0.1) is 26.4 Å². The Morgan fingerprint density at radius 3 is 3.10 bits per heavy atom. The van der Waals surface area contributed by atoms with Crippen LogP contribution >= 0.6 is 11.5 Å². The maximum Gasteiger partial charge on any atom is 0.275 e. The lowest BCUT2D eigenvalue weighted by molar-refractivity contribution is -0.132. The van der Waals surface area contributed by atoms with Crippen molar-refractivity contribution in [1.29, 1.82) is 0 Å². The highest BCUT2D eigenvalue weighted by Crippen LogP contribution is 2.23. The maximum atomic E-state index is 12.4. The summed E-state index contributed by atoms with van der Waals surface area (Å²) >= 11 is 1.19. The van der Waals surface area contributed by atoms with Gasteiger partial charge in [-0.1, -0.05) is 4.49 Å². The van der Waals surface area contributed by atoms with Gasteiger partial charge < -0.3 is 19.3 Å². The Morgan fingerprint density at radius 2 is 2.30 bits per heavy atom. The molecule has 8 heteroatoms. The lowest BCUT2D eigenvalue weighted by atomic mass is 10.0. The molecule has 3 heterocycles. The highest BCUT2D eigenvalue weighted by Gasteiger charge is 2.41. The van der Waals surface area contributed by atoms with Gasteiger partial charge in [-0.2, -0.15) is 0 Å². The second kappa shape index (κ2) is 5.72. The van der Waals surface area contributed by atoms with Crippen LogP contribution in [-0.4, -0.2) is 83.9 Å². The predicted octanol–water partition coefficient (Wildman–Crippen LogP) is -0.289. The topological polar surface area (TPSA) is 67.8 Å². The summed E-state index contributed by atoms with van der Waals surface area (Å²) in [5, 5.41) is 5.53. The zero-order valence-electron chi connectivity index (χ0n) is 11.4. The Labute approximate surface area is 121 Å². The van der Waals surface area contributed by atoms with E-state index in [1.54, 1.807) is 10.3 Å². The van der Waals surface area contributed by atoms with Crippen molar-refractivity contribution in [2.45, 2.75) is 5.60 Å². The zero-order valence-corrected chi connectivity index (χ0v) is 12.3. The number of rotatable bonds is 1. The molecule has 1 amide bonds. The summed E-state index contributed by atoms with van der Waals surface area (Å²) in [6.45, 7) is 4.53. The minimum Gasteiger partial charge on any atom is -0.377 e. The van der Waals surface area contributed by atoms with E-state index in [4.69, 9.17) is 9.47 Å². The van der Waals surface area contributed by atoms with Crippen molar-refractivity contribution in [3.05, 3.63) is 11.1 Å². The fraction of sp³-hybridized carbons (Fsp3) is 0.750. The number of hydrogen-bond acceptors (Lipinski definition) is 7. The standard InChI is InChI=1S/C12H18N4O3S/c1-15-2-4-18-9-12(7-15)8-16(3-5-19-12)11(17)10-6-20-14-13-10/h6H,2-5,7-9H2,1H3. The van der Waals surface area contributed by atoms with Gasteiger partial charge in [-0.05, 0) is 18.6 Å². The number of amides is 1. The summed E-state index contributed by atoms with van der Waals surface area (Å²) in [5.41, 5.74) is -0.0160. The summed E-state index contributed by atoms with van der Waals surface area (Å²) in [6.07, 6.45) is 0. The molecule has 1 unspecified atom stereocenters. The van der Waals surface area contributed by atoms with Crippen LogP contribution in [-0.2, 0) is 9.47 Å². The Balaban J connectivity index is 1.74. The summed E-state index contributed by atoms with van der Waals surface area (Å²) in [6, 6.07) is 0. The van der Waals surface area contributed by atoms with E-state index in [1.165, 1.54) is 11.5 Å². The van der Waals surface area contributed by atoms with Crippen LogP contribution in [0.5, 0.6) is 0 Å². The first-order valence-electron chi connectivity index (χ1n) is 6.65.